The van der Waals surface area contributed by atoms with Gasteiger partial charge in [-0.2, -0.15) is 5.10 Å². The Kier molecular flexibility index (Phi) is 4.89. The first-order chi connectivity index (χ1) is 13.2. The third-order valence-electron chi connectivity index (χ3n) is 4.03. The van der Waals surface area contributed by atoms with Crippen LogP contribution < -0.4 is 10.2 Å². The Balaban J connectivity index is 1.70. The Hall–Kier alpha value is -3.12. The zero-order chi connectivity index (χ0) is 18.6. The number of nitrogens with one attached hydrogen (secondary N) is 1. The maximum Gasteiger partial charge on any atom is 0.284 e. The third kappa shape index (κ3) is 3.85. The van der Waals surface area contributed by atoms with Crippen molar-refractivity contribution in [3.8, 4) is 17.1 Å². The van der Waals surface area contributed by atoms with E-state index in [1.54, 1.807) is 25.5 Å². The summed E-state index contributed by atoms with van der Waals surface area (Å²) in [6.45, 7) is 0. The minimum absolute atomic E-state index is 0.442. The van der Waals surface area contributed by atoms with E-state index in [4.69, 9.17) is 9.15 Å². The maximum atomic E-state index is 5.41. The number of hydrazone groups is 1. The Morgan fingerprint density at radius 1 is 1.07 bits per heavy atom. The van der Waals surface area contributed by atoms with E-state index in [0.29, 0.717) is 17.5 Å². The Morgan fingerprint density at radius 2 is 1.93 bits per heavy atom. The highest BCUT2D eigenvalue weighted by molar-refractivity contribution is 9.10. The molecule has 27 heavy (non-hydrogen) atoms. The van der Waals surface area contributed by atoms with Crippen molar-refractivity contribution in [3.05, 3.63) is 77.0 Å². The van der Waals surface area contributed by atoms with Crippen LogP contribution in [0.2, 0.25) is 0 Å². The number of aromatic nitrogens is 1. The fourth-order valence-corrected chi connectivity index (χ4v) is 3.15. The molecule has 1 N–H and O–H groups in total. The number of furan rings is 1. The first-order valence-electron chi connectivity index (χ1n) is 8.31. The highest BCUT2D eigenvalue weighted by Gasteiger charge is 2.08. The van der Waals surface area contributed by atoms with Crippen molar-refractivity contribution in [2.75, 3.05) is 12.5 Å². The number of nitrogens with zero attached hydrogens (tertiary/aromatic N) is 2. The minimum Gasteiger partial charge on any atom is -0.468 e. The lowest BCUT2D eigenvalue weighted by atomic mass is 10.0. The molecule has 6 heteroatoms. The van der Waals surface area contributed by atoms with Crippen LogP contribution in [-0.4, -0.2) is 18.3 Å². The molecule has 2 heterocycles. The van der Waals surface area contributed by atoms with Crippen LogP contribution >= 0.6 is 15.9 Å². The summed E-state index contributed by atoms with van der Waals surface area (Å²) in [7, 11) is 1.56. The number of methoxy groups -OCH3 is 1. The summed E-state index contributed by atoms with van der Waals surface area (Å²) in [5.41, 5.74) is 6.07. The van der Waals surface area contributed by atoms with Crippen LogP contribution in [0.1, 0.15) is 5.76 Å². The van der Waals surface area contributed by atoms with Crippen molar-refractivity contribution < 1.29 is 9.15 Å². The maximum absolute atomic E-state index is 5.41. The number of rotatable bonds is 5. The van der Waals surface area contributed by atoms with Gasteiger partial charge in [0.15, 0.2) is 5.76 Å². The second-order valence-corrected chi connectivity index (χ2v) is 6.73. The van der Waals surface area contributed by atoms with E-state index in [1.807, 2.05) is 36.4 Å². The smallest absolute Gasteiger partial charge is 0.284 e. The highest BCUT2D eigenvalue weighted by Crippen LogP contribution is 2.32. The normalized spacial score (nSPS) is 11.2. The molecule has 2 aromatic carbocycles. The molecule has 0 radical (unpaired) electrons. The largest absolute Gasteiger partial charge is 0.468 e. The molecule has 0 aliphatic heterocycles. The van der Waals surface area contributed by atoms with Crippen LogP contribution in [0.15, 0.2) is 80.7 Å². The minimum atomic E-state index is 0.442. The fourth-order valence-electron chi connectivity index (χ4n) is 2.79. The van der Waals surface area contributed by atoms with Gasteiger partial charge in [-0.05, 0) is 41.5 Å². The molecule has 0 aliphatic rings. The highest BCUT2D eigenvalue weighted by atomic mass is 79.9. The van der Waals surface area contributed by atoms with Gasteiger partial charge in [-0.15, -0.1) is 0 Å². The second-order valence-electron chi connectivity index (χ2n) is 5.81. The molecule has 134 valence electrons. The van der Waals surface area contributed by atoms with E-state index in [1.165, 1.54) is 0 Å². The van der Waals surface area contributed by atoms with Gasteiger partial charge >= 0.3 is 0 Å². The van der Waals surface area contributed by atoms with Crippen molar-refractivity contribution in [2.45, 2.75) is 0 Å². The monoisotopic (exact) mass is 421 g/mol. The van der Waals surface area contributed by atoms with E-state index >= 15 is 0 Å². The van der Waals surface area contributed by atoms with Crippen molar-refractivity contribution >= 4 is 38.9 Å². The molecular formula is C21H16BrN3O2. The summed E-state index contributed by atoms with van der Waals surface area (Å²) in [4.78, 5) is 4.65. The zero-order valence-electron chi connectivity index (χ0n) is 14.5. The number of hydrogen-bond donors (Lipinski definition) is 1. The topological polar surface area (TPSA) is 59.6 Å². The molecule has 4 aromatic rings. The number of benzene rings is 2. The van der Waals surface area contributed by atoms with Gasteiger partial charge in [0, 0.05) is 15.9 Å². The van der Waals surface area contributed by atoms with Crippen molar-refractivity contribution in [1.29, 1.82) is 0 Å². The average Bonchev–Trinajstić information content (AvgIpc) is 3.16. The molecule has 0 saturated heterocycles. The van der Waals surface area contributed by atoms with E-state index in [2.05, 4.69) is 49.6 Å². The van der Waals surface area contributed by atoms with Crippen LogP contribution in [0.5, 0.6) is 5.95 Å². The standard InChI is InChI=1S/C21H16BrN3O2/c1-26-21-10-8-16(27-21)13-23-25-20-12-17(14-5-3-2-4-6-14)18-11-15(22)7-9-19(18)24-20/h2-13H,1H3,(H,24,25). The van der Waals surface area contributed by atoms with E-state index in [9.17, 15) is 0 Å². The first-order valence-corrected chi connectivity index (χ1v) is 9.11. The quantitative estimate of drug-likeness (QED) is 0.331. The Morgan fingerprint density at radius 3 is 2.70 bits per heavy atom. The number of hydrogen-bond acceptors (Lipinski definition) is 5. The van der Waals surface area contributed by atoms with Crippen molar-refractivity contribution in [3.63, 3.8) is 0 Å². The molecule has 0 spiro atoms. The lowest BCUT2D eigenvalue weighted by Gasteiger charge is -2.10. The number of ether oxygens (including phenoxy) is 1. The van der Waals surface area contributed by atoms with Crippen LogP contribution in [-0.2, 0) is 0 Å². The molecule has 0 bridgehead atoms. The van der Waals surface area contributed by atoms with Gasteiger partial charge in [0.25, 0.3) is 5.95 Å². The molecule has 0 unspecified atom stereocenters. The molecule has 0 fully saturated rings. The van der Waals surface area contributed by atoms with Crippen LogP contribution in [0.25, 0.3) is 22.0 Å². The van der Waals surface area contributed by atoms with Gasteiger partial charge in [0.1, 0.15) is 5.82 Å². The predicted molar refractivity (Wildman–Crippen MR) is 111 cm³/mol. The molecule has 0 aliphatic carbocycles. The summed E-state index contributed by atoms with van der Waals surface area (Å²) in [6, 6.07) is 21.8. The number of pyridine rings is 1. The number of anilines is 1. The van der Waals surface area contributed by atoms with Gasteiger partial charge in [-0.1, -0.05) is 46.3 Å². The molecular weight excluding hydrogens is 406 g/mol. The van der Waals surface area contributed by atoms with Gasteiger partial charge in [0.05, 0.1) is 18.8 Å². The van der Waals surface area contributed by atoms with Gasteiger partial charge < -0.3 is 9.15 Å². The van der Waals surface area contributed by atoms with Crippen LogP contribution in [0.4, 0.5) is 5.82 Å². The molecule has 0 atom stereocenters. The Labute approximate surface area is 164 Å². The lowest BCUT2D eigenvalue weighted by Crippen LogP contribution is -1.95. The summed E-state index contributed by atoms with van der Waals surface area (Å²) in [5.74, 6) is 1.68. The van der Waals surface area contributed by atoms with Gasteiger partial charge in [-0.3, -0.25) is 5.43 Å². The second kappa shape index (κ2) is 7.63. The SMILES string of the molecule is COc1ccc(C=NNc2cc(-c3ccccc3)c3cc(Br)ccc3n2)o1. The zero-order valence-corrected chi connectivity index (χ0v) is 16.1. The summed E-state index contributed by atoms with van der Waals surface area (Å²) < 4.78 is 11.4. The fraction of sp³-hybridized carbons (Fsp3) is 0.0476. The van der Waals surface area contributed by atoms with Gasteiger partial charge in [0.2, 0.25) is 0 Å². The Bertz CT molecular complexity index is 1110. The average molecular weight is 422 g/mol. The van der Waals surface area contributed by atoms with E-state index in [0.717, 1.165) is 26.5 Å². The van der Waals surface area contributed by atoms with E-state index < -0.39 is 0 Å². The molecule has 0 amide bonds. The van der Waals surface area contributed by atoms with Crippen molar-refractivity contribution in [2.24, 2.45) is 5.10 Å². The molecule has 0 saturated carbocycles. The van der Waals surface area contributed by atoms with Gasteiger partial charge in [-0.25, -0.2) is 4.98 Å². The summed E-state index contributed by atoms with van der Waals surface area (Å²) in [5, 5.41) is 5.29. The number of halogens is 1. The van der Waals surface area contributed by atoms with Crippen molar-refractivity contribution in [1.82, 2.24) is 4.98 Å². The van der Waals surface area contributed by atoms with E-state index in [-0.39, 0.29) is 0 Å². The predicted octanol–water partition coefficient (Wildman–Crippen LogP) is 5.71. The summed E-state index contributed by atoms with van der Waals surface area (Å²) >= 11 is 3.55. The molecule has 4 rings (SSSR count). The lowest BCUT2D eigenvalue weighted by molar-refractivity contribution is 0.303. The van der Waals surface area contributed by atoms with Crippen LogP contribution in [0, 0.1) is 0 Å². The molecule has 5 nitrogen and oxygen atoms in total. The number of fused-ring (bicyclic) bond motifs is 1. The molecule has 2 aromatic heterocycles. The summed E-state index contributed by atoms with van der Waals surface area (Å²) in [6.07, 6.45) is 1.58. The first kappa shape index (κ1) is 17.3. The third-order valence-corrected chi connectivity index (χ3v) is 4.52. The van der Waals surface area contributed by atoms with Crippen LogP contribution in [0.3, 0.4) is 0 Å².